The summed E-state index contributed by atoms with van der Waals surface area (Å²) in [6, 6.07) is 0. The lowest BCUT2D eigenvalue weighted by atomic mass is 9.92. The molecule has 2 rings (SSSR count). The van der Waals surface area contributed by atoms with Gasteiger partial charge in [-0.1, -0.05) is 0 Å². The van der Waals surface area contributed by atoms with E-state index in [0.717, 1.165) is 0 Å². The number of Topliss-reactive ketones (excluding diaryl/α,β-unsaturated/α-hetero) is 2. The van der Waals surface area contributed by atoms with Gasteiger partial charge >= 0.3 is 0 Å². The number of ketones is 2. The molecule has 1 fully saturated rings. The lowest BCUT2D eigenvalue weighted by Gasteiger charge is -2.20. The summed E-state index contributed by atoms with van der Waals surface area (Å²) in [5.74, 6) is -0.787. The van der Waals surface area contributed by atoms with Crippen LogP contribution in [0.1, 0.15) is 19.8 Å². The largest absolute Gasteiger partial charge is 0.504 e. The first-order valence-electron chi connectivity index (χ1n) is 4.19. The van der Waals surface area contributed by atoms with E-state index >= 15 is 0 Å². The van der Waals surface area contributed by atoms with Crippen molar-refractivity contribution in [1.29, 1.82) is 0 Å². The molecular weight excluding hydrogens is 172 g/mol. The Bertz CT molecular complexity index is 329. The van der Waals surface area contributed by atoms with Crippen molar-refractivity contribution in [3.8, 4) is 0 Å². The number of carbonyl (C=O) groups excluding carboxylic acids is 2. The molecule has 0 radical (unpaired) electrons. The SMILES string of the molecule is CC1=C(O)C(=O)CC12OCCC2=O. The monoisotopic (exact) mass is 182 g/mol. The molecular formula is C9H10O4. The van der Waals surface area contributed by atoms with Crippen LogP contribution in [0.15, 0.2) is 11.3 Å². The summed E-state index contributed by atoms with van der Waals surface area (Å²) in [6.45, 7) is 1.92. The first-order valence-corrected chi connectivity index (χ1v) is 4.19. The fraction of sp³-hybridized carbons (Fsp3) is 0.556. The van der Waals surface area contributed by atoms with E-state index in [0.29, 0.717) is 18.6 Å². The number of aliphatic hydroxyl groups is 1. The number of hydrogen-bond acceptors (Lipinski definition) is 4. The highest BCUT2D eigenvalue weighted by Crippen LogP contribution is 2.40. The Balaban J connectivity index is 2.48. The summed E-state index contributed by atoms with van der Waals surface area (Å²) >= 11 is 0. The van der Waals surface area contributed by atoms with Gasteiger partial charge in [-0.05, 0) is 6.92 Å². The lowest BCUT2D eigenvalue weighted by Crippen LogP contribution is -2.35. The molecule has 0 saturated carbocycles. The average molecular weight is 182 g/mol. The molecule has 4 heteroatoms. The normalized spacial score (nSPS) is 33.9. The Morgan fingerprint density at radius 3 is 2.54 bits per heavy atom. The zero-order chi connectivity index (χ0) is 9.64. The summed E-state index contributed by atoms with van der Waals surface area (Å²) in [4.78, 5) is 22.6. The molecule has 1 atom stereocenters. The molecule has 1 spiro atoms. The molecule has 1 heterocycles. The molecule has 0 aromatic heterocycles. The molecule has 1 unspecified atom stereocenters. The molecule has 13 heavy (non-hydrogen) atoms. The minimum Gasteiger partial charge on any atom is -0.504 e. The fourth-order valence-electron chi connectivity index (χ4n) is 1.91. The standard InChI is InChI=1S/C9H10O4/c1-5-8(12)6(10)4-9(5)7(11)2-3-13-9/h12H,2-4H2,1H3. The van der Waals surface area contributed by atoms with Crippen LogP contribution in [-0.2, 0) is 14.3 Å². The number of ether oxygens (including phenoxy) is 1. The molecule has 0 aromatic rings. The second-order valence-corrected chi connectivity index (χ2v) is 3.42. The first-order chi connectivity index (χ1) is 6.08. The number of aliphatic hydroxyl groups excluding tert-OH is 1. The van der Waals surface area contributed by atoms with Gasteiger partial charge in [0.1, 0.15) is 0 Å². The minimum absolute atomic E-state index is 0.0243. The number of carbonyl (C=O) groups is 2. The Labute approximate surface area is 75.2 Å². The molecule has 1 aliphatic heterocycles. The Hall–Kier alpha value is -1.16. The van der Waals surface area contributed by atoms with Crippen LogP contribution < -0.4 is 0 Å². The third-order valence-corrected chi connectivity index (χ3v) is 2.76. The maximum Gasteiger partial charge on any atom is 0.200 e. The van der Waals surface area contributed by atoms with Crippen LogP contribution in [0.4, 0.5) is 0 Å². The van der Waals surface area contributed by atoms with Gasteiger partial charge in [0.25, 0.3) is 0 Å². The van der Waals surface area contributed by atoms with Gasteiger partial charge in [0.05, 0.1) is 13.0 Å². The highest BCUT2D eigenvalue weighted by atomic mass is 16.5. The Morgan fingerprint density at radius 2 is 2.15 bits per heavy atom. The number of allylic oxidation sites excluding steroid dienone is 1. The van der Waals surface area contributed by atoms with Crippen molar-refractivity contribution in [3.63, 3.8) is 0 Å². The lowest BCUT2D eigenvalue weighted by molar-refractivity contribution is -0.131. The second kappa shape index (κ2) is 2.42. The van der Waals surface area contributed by atoms with Crippen molar-refractivity contribution in [3.05, 3.63) is 11.3 Å². The fourth-order valence-corrected chi connectivity index (χ4v) is 1.91. The van der Waals surface area contributed by atoms with Crippen molar-refractivity contribution < 1.29 is 19.4 Å². The van der Waals surface area contributed by atoms with E-state index in [1.165, 1.54) is 0 Å². The first kappa shape index (κ1) is 8.44. The van der Waals surface area contributed by atoms with E-state index in [4.69, 9.17) is 4.74 Å². The predicted molar refractivity (Wildman–Crippen MR) is 43.3 cm³/mol. The molecule has 0 bridgehead atoms. The summed E-state index contributed by atoms with van der Waals surface area (Å²) in [6.07, 6.45) is 0.307. The van der Waals surface area contributed by atoms with Gasteiger partial charge in [-0.2, -0.15) is 0 Å². The molecule has 0 amide bonds. The van der Waals surface area contributed by atoms with Gasteiger partial charge in [-0.3, -0.25) is 9.59 Å². The van der Waals surface area contributed by atoms with E-state index in [2.05, 4.69) is 0 Å². The van der Waals surface area contributed by atoms with Crippen molar-refractivity contribution in [1.82, 2.24) is 0 Å². The number of rotatable bonds is 0. The van der Waals surface area contributed by atoms with Crippen LogP contribution in [0.2, 0.25) is 0 Å². The smallest absolute Gasteiger partial charge is 0.200 e. The topological polar surface area (TPSA) is 63.6 Å². The van der Waals surface area contributed by atoms with Gasteiger partial charge in [0, 0.05) is 12.0 Å². The highest BCUT2D eigenvalue weighted by molar-refractivity contribution is 6.07. The van der Waals surface area contributed by atoms with Crippen molar-refractivity contribution in [2.24, 2.45) is 0 Å². The van der Waals surface area contributed by atoms with Gasteiger partial charge < -0.3 is 9.84 Å². The zero-order valence-corrected chi connectivity index (χ0v) is 7.29. The van der Waals surface area contributed by atoms with Crippen LogP contribution in [0, 0.1) is 0 Å². The molecule has 70 valence electrons. The number of hydrogen-bond donors (Lipinski definition) is 1. The van der Waals surface area contributed by atoms with Crippen LogP contribution >= 0.6 is 0 Å². The molecule has 1 saturated heterocycles. The quantitative estimate of drug-likeness (QED) is 0.593. The molecule has 4 nitrogen and oxygen atoms in total. The van der Waals surface area contributed by atoms with Crippen LogP contribution in [0.25, 0.3) is 0 Å². The summed E-state index contributed by atoms with van der Waals surface area (Å²) < 4.78 is 5.28. The van der Waals surface area contributed by atoms with E-state index in [1.807, 2.05) is 0 Å². The average Bonchev–Trinajstić information content (AvgIpc) is 2.54. The molecule has 1 aliphatic carbocycles. The summed E-state index contributed by atoms with van der Waals surface area (Å²) in [7, 11) is 0. The maximum absolute atomic E-state index is 11.5. The molecule has 2 aliphatic rings. The van der Waals surface area contributed by atoms with Crippen molar-refractivity contribution in [2.45, 2.75) is 25.4 Å². The highest BCUT2D eigenvalue weighted by Gasteiger charge is 2.52. The van der Waals surface area contributed by atoms with E-state index in [1.54, 1.807) is 6.92 Å². The van der Waals surface area contributed by atoms with Crippen molar-refractivity contribution >= 4 is 11.6 Å². The molecule has 1 N–H and O–H groups in total. The third kappa shape index (κ3) is 0.891. The zero-order valence-electron chi connectivity index (χ0n) is 7.29. The Morgan fingerprint density at radius 1 is 1.46 bits per heavy atom. The Kier molecular flexibility index (Phi) is 1.57. The third-order valence-electron chi connectivity index (χ3n) is 2.76. The summed E-state index contributed by atoms with van der Waals surface area (Å²) in [5.41, 5.74) is -0.735. The van der Waals surface area contributed by atoms with Crippen LogP contribution in [0.5, 0.6) is 0 Å². The van der Waals surface area contributed by atoms with Gasteiger partial charge in [-0.15, -0.1) is 0 Å². The van der Waals surface area contributed by atoms with E-state index in [9.17, 15) is 14.7 Å². The predicted octanol–water partition coefficient (Wildman–Crippen LogP) is 0.519. The second-order valence-electron chi connectivity index (χ2n) is 3.42. The van der Waals surface area contributed by atoms with Crippen LogP contribution in [0.3, 0.4) is 0 Å². The van der Waals surface area contributed by atoms with Crippen molar-refractivity contribution in [2.75, 3.05) is 6.61 Å². The van der Waals surface area contributed by atoms with Gasteiger partial charge in [-0.25, -0.2) is 0 Å². The summed E-state index contributed by atoms with van der Waals surface area (Å²) in [5, 5.41) is 9.31. The minimum atomic E-state index is -1.11. The van der Waals surface area contributed by atoms with Gasteiger partial charge in [0.2, 0.25) is 5.78 Å². The van der Waals surface area contributed by atoms with Gasteiger partial charge in [0.15, 0.2) is 17.1 Å². The van der Waals surface area contributed by atoms with E-state index in [-0.39, 0.29) is 18.0 Å². The maximum atomic E-state index is 11.5. The molecule has 0 aromatic carbocycles. The van der Waals surface area contributed by atoms with Crippen LogP contribution in [-0.4, -0.2) is 28.9 Å². The van der Waals surface area contributed by atoms with E-state index < -0.39 is 11.4 Å².